The molecule has 4 heteroatoms. The lowest BCUT2D eigenvalue weighted by Crippen LogP contribution is -2.15. The van der Waals surface area contributed by atoms with Crippen molar-refractivity contribution in [2.75, 3.05) is 0 Å². The maximum atomic E-state index is 5.03. The van der Waals surface area contributed by atoms with Crippen molar-refractivity contribution >= 4 is 32.6 Å². The third-order valence-electron chi connectivity index (χ3n) is 10.2. The van der Waals surface area contributed by atoms with Gasteiger partial charge in [-0.25, -0.2) is 15.0 Å². The van der Waals surface area contributed by atoms with Crippen LogP contribution in [0.2, 0.25) is 0 Å². The van der Waals surface area contributed by atoms with Crippen LogP contribution in [0.4, 0.5) is 0 Å². The predicted octanol–water partition coefficient (Wildman–Crippen LogP) is 10.9. The molecule has 2 heterocycles. The number of aromatic nitrogens is 4. The van der Waals surface area contributed by atoms with Crippen molar-refractivity contribution in [3.8, 4) is 51.0 Å². The van der Waals surface area contributed by atoms with Crippen molar-refractivity contribution < 1.29 is 0 Å². The van der Waals surface area contributed by atoms with Crippen LogP contribution in [0.25, 0.3) is 83.6 Å². The molecule has 9 aromatic rings. The van der Waals surface area contributed by atoms with Crippen molar-refractivity contribution in [1.82, 2.24) is 19.5 Å². The molecule has 0 N–H and O–H groups in total. The Balaban J connectivity index is 1.23. The standard InChI is InChI=1S/C44H30N4/c1-44(2)35-21-10-9-20-32(35)34-26-37-39-33(40(34)44)24-23-27-17-12-22-36(38(27)39)48(37)31-19-11-18-30(25-31)43-46-41(28-13-5-3-6-14-28)45-42(47-43)29-15-7-4-8-16-29/h3-26H,1-2H3. The summed E-state index contributed by atoms with van der Waals surface area (Å²) in [6.45, 7) is 4.74. The molecule has 0 unspecified atom stereocenters. The Labute approximate surface area is 278 Å². The second kappa shape index (κ2) is 9.93. The highest BCUT2D eigenvalue weighted by atomic mass is 15.0. The van der Waals surface area contributed by atoms with E-state index >= 15 is 0 Å². The molecule has 0 amide bonds. The van der Waals surface area contributed by atoms with Gasteiger partial charge in [-0.15, -0.1) is 0 Å². The molecule has 0 atom stereocenters. The monoisotopic (exact) mass is 614 g/mol. The molecule has 0 bridgehead atoms. The van der Waals surface area contributed by atoms with E-state index in [1.165, 1.54) is 54.8 Å². The Bertz CT molecular complexity index is 2630. The molecule has 1 aliphatic rings. The van der Waals surface area contributed by atoms with E-state index in [1.807, 2.05) is 60.7 Å². The lowest BCUT2D eigenvalue weighted by molar-refractivity contribution is 0.666. The van der Waals surface area contributed by atoms with Crippen molar-refractivity contribution in [1.29, 1.82) is 0 Å². The SMILES string of the molecule is CC1(C)c2ccccc2-c2cc3c4c(ccc5cccc(c54)n3-c3cccc(-c4nc(-c5ccccc5)nc(-c5ccccc5)n4)c3)c21. The Hall–Kier alpha value is -6.13. The van der Waals surface area contributed by atoms with Crippen LogP contribution < -0.4 is 0 Å². The Kier molecular flexibility index (Phi) is 5.59. The molecule has 0 spiro atoms. The van der Waals surface area contributed by atoms with E-state index in [9.17, 15) is 0 Å². The van der Waals surface area contributed by atoms with Gasteiger partial charge in [0.25, 0.3) is 0 Å². The number of fused-ring (bicyclic) bond motifs is 4. The van der Waals surface area contributed by atoms with Gasteiger partial charge in [-0.3, -0.25) is 0 Å². The van der Waals surface area contributed by atoms with Crippen molar-refractivity contribution in [2.24, 2.45) is 0 Å². The maximum absolute atomic E-state index is 5.03. The van der Waals surface area contributed by atoms with Crippen LogP contribution in [-0.4, -0.2) is 19.5 Å². The lowest BCUT2D eigenvalue weighted by Gasteiger charge is -2.23. The van der Waals surface area contributed by atoms with Crippen molar-refractivity contribution in [3.05, 3.63) is 157 Å². The van der Waals surface area contributed by atoms with Gasteiger partial charge >= 0.3 is 0 Å². The summed E-state index contributed by atoms with van der Waals surface area (Å²) in [5, 5.41) is 5.22. The predicted molar refractivity (Wildman–Crippen MR) is 197 cm³/mol. The molecule has 1 aliphatic carbocycles. The molecule has 0 saturated heterocycles. The first-order valence-corrected chi connectivity index (χ1v) is 16.5. The number of nitrogens with zero attached hydrogens (tertiary/aromatic N) is 4. The number of benzene rings is 7. The van der Waals surface area contributed by atoms with Gasteiger partial charge in [0, 0.05) is 38.6 Å². The number of rotatable bonds is 4. The maximum Gasteiger partial charge on any atom is 0.164 e. The minimum atomic E-state index is -0.0913. The van der Waals surface area contributed by atoms with Gasteiger partial charge in [0.1, 0.15) is 0 Å². The van der Waals surface area contributed by atoms with Gasteiger partial charge < -0.3 is 4.57 Å². The van der Waals surface area contributed by atoms with E-state index in [1.54, 1.807) is 0 Å². The second-order valence-corrected chi connectivity index (χ2v) is 13.3. The fourth-order valence-electron chi connectivity index (χ4n) is 8.04. The summed E-state index contributed by atoms with van der Waals surface area (Å²) in [6, 6.07) is 51.5. The Morgan fingerprint density at radius 3 is 1.83 bits per heavy atom. The summed E-state index contributed by atoms with van der Waals surface area (Å²) in [7, 11) is 0. The highest BCUT2D eigenvalue weighted by Gasteiger charge is 2.38. The highest BCUT2D eigenvalue weighted by molar-refractivity contribution is 6.26. The summed E-state index contributed by atoms with van der Waals surface area (Å²) in [5.74, 6) is 1.96. The van der Waals surface area contributed by atoms with E-state index in [-0.39, 0.29) is 5.41 Å². The molecule has 10 rings (SSSR count). The van der Waals surface area contributed by atoms with Gasteiger partial charge in [-0.2, -0.15) is 0 Å². The fraction of sp³-hybridized carbons (Fsp3) is 0.0682. The zero-order chi connectivity index (χ0) is 32.0. The molecule has 48 heavy (non-hydrogen) atoms. The quantitative estimate of drug-likeness (QED) is 0.185. The first kappa shape index (κ1) is 27.0. The molecule has 226 valence electrons. The van der Waals surface area contributed by atoms with Crippen LogP contribution in [0.15, 0.2) is 146 Å². The first-order valence-electron chi connectivity index (χ1n) is 16.5. The third kappa shape index (κ3) is 3.80. The average molecular weight is 615 g/mol. The summed E-state index contributed by atoms with van der Waals surface area (Å²) in [5.41, 5.74) is 11.7. The van der Waals surface area contributed by atoms with Crippen molar-refractivity contribution in [3.63, 3.8) is 0 Å². The Morgan fingerprint density at radius 2 is 1.10 bits per heavy atom. The minimum absolute atomic E-state index is 0.0913. The molecule has 4 nitrogen and oxygen atoms in total. The molecule has 0 saturated carbocycles. The van der Waals surface area contributed by atoms with Crippen LogP contribution in [-0.2, 0) is 5.41 Å². The highest BCUT2D eigenvalue weighted by Crippen LogP contribution is 2.54. The van der Waals surface area contributed by atoms with E-state index in [0.29, 0.717) is 17.5 Å². The number of hydrogen-bond donors (Lipinski definition) is 0. The van der Waals surface area contributed by atoms with E-state index in [2.05, 4.69) is 103 Å². The lowest BCUT2D eigenvalue weighted by atomic mass is 9.80. The fourth-order valence-corrected chi connectivity index (χ4v) is 8.04. The summed E-state index contributed by atoms with van der Waals surface area (Å²) in [6.07, 6.45) is 0. The Morgan fingerprint density at radius 1 is 0.479 bits per heavy atom. The normalized spacial score (nSPS) is 13.4. The zero-order valence-electron chi connectivity index (χ0n) is 26.6. The van der Waals surface area contributed by atoms with Gasteiger partial charge in [0.05, 0.1) is 11.0 Å². The third-order valence-corrected chi connectivity index (χ3v) is 10.2. The largest absolute Gasteiger partial charge is 0.309 e. The topological polar surface area (TPSA) is 43.6 Å². The van der Waals surface area contributed by atoms with Crippen LogP contribution in [0.5, 0.6) is 0 Å². The van der Waals surface area contributed by atoms with Gasteiger partial charge in [0.15, 0.2) is 17.5 Å². The molecular formula is C44H30N4. The molecule has 7 aromatic carbocycles. The molecule has 0 aliphatic heterocycles. The van der Waals surface area contributed by atoms with Crippen LogP contribution in [0.3, 0.4) is 0 Å². The smallest absolute Gasteiger partial charge is 0.164 e. The summed E-state index contributed by atoms with van der Waals surface area (Å²) < 4.78 is 2.43. The average Bonchev–Trinajstić information content (AvgIpc) is 3.60. The van der Waals surface area contributed by atoms with Crippen LogP contribution >= 0.6 is 0 Å². The van der Waals surface area contributed by atoms with E-state index in [4.69, 9.17) is 15.0 Å². The zero-order valence-corrected chi connectivity index (χ0v) is 26.6. The second-order valence-electron chi connectivity index (χ2n) is 13.3. The molecule has 0 radical (unpaired) electrons. The van der Waals surface area contributed by atoms with Gasteiger partial charge in [0.2, 0.25) is 0 Å². The summed E-state index contributed by atoms with van der Waals surface area (Å²) >= 11 is 0. The van der Waals surface area contributed by atoms with E-state index < -0.39 is 0 Å². The summed E-state index contributed by atoms with van der Waals surface area (Å²) in [4.78, 5) is 15.0. The van der Waals surface area contributed by atoms with Gasteiger partial charge in [-0.05, 0) is 57.3 Å². The van der Waals surface area contributed by atoms with Gasteiger partial charge in [-0.1, -0.05) is 135 Å². The molecular weight excluding hydrogens is 585 g/mol. The molecule has 2 aromatic heterocycles. The van der Waals surface area contributed by atoms with Crippen LogP contribution in [0.1, 0.15) is 25.0 Å². The number of hydrogen-bond acceptors (Lipinski definition) is 3. The van der Waals surface area contributed by atoms with Crippen molar-refractivity contribution in [2.45, 2.75) is 19.3 Å². The minimum Gasteiger partial charge on any atom is -0.309 e. The van der Waals surface area contributed by atoms with Crippen LogP contribution in [0, 0.1) is 0 Å². The molecule has 0 fully saturated rings. The van der Waals surface area contributed by atoms with E-state index in [0.717, 1.165) is 22.4 Å². The first-order chi connectivity index (χ1) is 23.6.